The van der Waals surface area contributed by atoms with E-state index in [1.54, 1.807) is 14.1 Å². The predicted molar refractivity (Wildman–Crippen MR) is 94.6 cm³/mol. The number of halogens is 1. The van der Waals surface area contributed by atoms with Crippen molar-refractivity contribution in [2.75, 3.05) is 33.7 Å². The monoisotopic (exact) mass is 396 g/mol. The molecular formula is C14H29IN4O. The van der Waals surface area contributed by atoms with E-state index in [9.17, 15) is 4.79 Å². The van der Waals surface area contributed by atoms with Crippen LogP contribution >= 0.6 is 24.0 Å². The maximum Gasteiger partial charge on any atom is 0.227 e. The highest BCUT2D eigenvalue weighted by Gasteiger charge is 2.28. The molecule has 1 saturated heterocycles. The first-order chi connectivity index (χ1) is 8.90. The molecule has 2 N–H and O–H groups in total. The molecule has 1 atom stereocenters. The first kappa shape index (κ1) is 19.5. The topological polar surface area (TPSA) is 56.7 Å². The van der Waals surface area contributed by atoms with Gasteiger partial charge in [-0.25, -0.2) is 0 Å². The summed E-state index contributed by atoms with van der Waals surface area (Å²) >= 11 is 0. The summed E-state index contributed by atoms with van der Waals surface area (Å²) in [7, 11) is 3.47. The molecule has 1 aliphatic rings. The quantitative estimate of drug-likeness (QED) is 0.434. The molecule has 1 rings (SSSR count). The second kappa shape index (κ2) is 8.69. The lowest BCUT2D eigenvalue weighted by Gasteiger charge is -2.34. The predicted octanol–water partition coefficient (Wildman–Crippen LogP) is 1.68. The number of guanidine groups is 1. The number of nitrogens with one attached hydrogen (secondary N) is 2. The van der Waals surface area contributed by atoms with Gasteiger partial charge in [-0.2, -0.15) is 0 Å². The molecule has 5 nitrogen and oxygen atoms in total. The maximum atomic E-state index is 11.8. The standard InChI is InChI=1S/C14H28N4O.HI/c1-11-7-6-8-18(9-11)13(16-5)17-10-14(2,3)12(19)15-4;/h11H,6-10H2,1-5H3,(H,15,19)(H,16,17);1H. The molecule has 0 aromatic rings. The van der Waals surface area contributed by atoms with E-state index in [-0.39, 0.29) is 29.9 Å². The molecule has 0 spiro atoms. The van der Waals surface area contributed by atoms with Gasteiger partial charge in [-0.15, -0.1) is 24.0 Å². The zero-order valence-electron chi connectivity index (χ0n) is 13.3. The molecule has 6 heteroatoms. The van der Waals surface area contributed by atoms with Crippen molar-refractivity contribution in [1.29, 1.82) is 0 Å². The van der Waals surface area contributed by atoms with Crippen molar-refractivity contribution < 1.29 is 4.79 Å². The van der Waals surface area contributed by atoms with Crippen molar-refractivity contribution in [2.45, 2.75) is 33.6 Å². The van der Waals surface area contributed by atoms with Gasteiger partial charge in [0.2, 0.25) is 5.91 Å². The maximum absolute atomic E-state index is 11.8. The molecule has 0 radical (unpaired) electrons. The third kappa shape index (κ3) is 5.46. The van der Waals surface area contributed by atoms with Gasteiger partial charge in [-0.1, -0.05) is 6.92 Å². The lowest BCUT2D eigenvalue weighted by molar-refractivity contribution is -0.128. The van der Waals surface area contributed by atoms with Crippen molar-refractivity contribution in [3.8, 4) is 0 Å². The number of rotatable bonds is 3. The number of hydrogen-bond donors (Lipinski definition) is 2. The first-order valence-corrected chi connectivity index (χ1v) is 7.08. The van der Waals surface area contributed by atoms with Crippen LogP contribution < -0.4 is 10.6 Å². The molecular weight excluding hydrogens is 367 g/mol. The summed E-state index contributed by atoms with van der Waals surface area (Å²) in [5.74, 6) is 1.66. The van der Waals surface area contributed by atoms with E-state index in [0.29, 0.717) is 12.5 Å². The molecule has 1 unspecified atom stereocenters. The highest BCUT2D eigenvalue weighted by Crippen LogP contribution is 2.17. The Labute approximate surface area is 140 Å². The fraction of sp³-hybridized carbons (Fsp3) is 0.857. The SMILES string of the molecule is CN=C(NCC(C)(C)C(=O)NC)N1CCCC(C)C1.I. The summed E-state index contributed by atoms with van der Waals surface area (Å²) < 4.78 is 0. The Bertz CT molecular complexity index is 344. The van der Waals surface area contributed by atoms with Gasteiger partial charge < -0.3 is 15.5 Å². The van der Waals surface area contributed by atoms with E-state index in [0.717, 1.165) is 19.0 Å². The zero-order valence-corrected chi connectivity index (χ0v) is 15.7. The highest BCUT2D eigenvalue weighted by atomic mass is 127. The Morgan fingerprint density at radius 2 is 2.10 bits per heavy atom. The lowest BCUT2D eigenvalue weighted by Crippen LogP contribution is -2.50. The fourth-order valence-corrected chi connectivity index (χ4v) is 2.43. The Balaban J connectivity index is 0.00000361. The molecule has 20 heavy (non-hydrogen) atoms. The van der Waals surface area contributed by atoms with Crippen molar-refractivity contribution in [2.24, 2.45) is 16.3 Å². The number of hydrogen-bond acceptors (Lipinski definition) is 2. The number of likely N-dealkylation sites (tertiary alicyclic amines) is 1. The van der Waals surface area contributed by atoms with E-state index in [2.05, 4.69) is 27.4 Å². The van der Waals surface area contributed by atoms with Crippen molar-refractivity contribution in [1.82, 2.24) is 15.5 Å². The lowest BCUT2D eigenvalue weighted by atomic mass is 9.92. The minimum Gasteiger partial charge on any atom is -0.359 e. The Morgan fingerprint density at radius 1 is 1.45 bits per heavy atom. The smallest absolute Gasteiger partial charge is 0.227 e. The largest absolute Gasteiger partial charge is 0.359 e. The van der Waals surface area contributed by atoms with Crippen LogP contribution in [0.5, 0.6) is 0 Å². The number of nitrogens with zero attached hydrogens (tertiary/aromatic N) is 2. The summed E-state index contributed by atoms with van der Waals surface area (Å²) in [5, 5.41) is 6.03. The molecule has 1 heterocycles. The van der Waals surface area contributed by atoms with Gasteiger partial charge >= 0.3 is 0 Å². The van der Waals surface area contributed by atoms with Gasteiger partial charge in [0.15, 0.2) is 5.96 Å². The minimum atomic E-state index is -0.438. The molecule has 0 bridgehead atoms. The number of carbonyl (C=O) groups is 1. The highest BCUT2D eigenvalue weighted by molar-refractivity contribution is 14.0. The van der Waals surface area contributed by atoms with Crippen LogP contribution in [0.1, 0.15) is 33.6 Å². The van der Waals surface area contributed by atoms with Gasteiger partial charge in [-0.05, 0) is 32.6 Å². The van der Waals surface area contributed by atoms with Gasteiger partial charge in [0.05, 0.1) is 5.41 Å². The summed E-state index contributed by atoms with van der Waals surface area (Å²) in [6.45, 7) is 8.82. The van der Waals surface area contributed by atoms with Gasteiger partial charge in [0, 0.05) is 33.7 Å². The number of aliphatic imine (C=N–C) groups is 1. The van der Waals surface area contributed by atoms with E-state index in [1.807, 2.05) is 13.8 Å². The average molecular weight is 396 g/mol. The third-order valence-electron chi connectivity index (χ3n) is 3.70. The fourth-order valence-electron chi connectivity index (χ4n) is 2.43. The van der Waals surface area contributed by atoms with Gasteiger partial charge in [-0.3, -0.25) is 9.79 Å². The Morgan fingerprint density at radius 3 is 2.60 bits per heavy atom. The van der Waals surface area contributed by atoms with Crippen LogP contribution in [-0.2, 0) is 4.79 Å². The Hall–Kier alpha value is -0.530. The molecule has 1 fully saturated rings. The molecule has 0 aromatic carbocycles. The van der Waals surface area contributed by atoms with Crippen LogP contribution in [-0.4, -0.2) is 50.5 Å². The average Bonchev–Trinajstić information content (AvgIpc) is 2.38. The first-order valence-electron chi connectivity index (χ1n) is 7.08. The summed E-state index contributed by atoms with van der Waals surface area (Å²) in [6.07, 6.45) is 2.50. The number of carbonyl (C=O) groups excluding carboxylic acids is 1. The van der Waals surface area contributed by atoms with Crippen LogP contribution in [0.4, 0.5) is 0 Å². The van der Waals surface area contributed by atoms with Crippen LogP contribution in [0.2, 0.25) is 0 Å². The zero-order chi connectivity index (χ0) is 14.5. The van der Waals surface area contributed by atoms with Crippen LogP contribution in [0.25, 0.3) is 0 Å². The van der Waals surface area contributed by atoms with Crippen molar-refractivity contribution in [3.63, 3.8) is 0 Å². The van der Waals surface area contributed by atoms with Crippen LogP contribution in [0, 0.1) is 11.3 Å². The molecule has 118 valence electrons. The van der Waals surface area contributed by atoms with Crippen molar-refractivity contribution in [3.05, 3.63) is 0 Å². The van der Waals surface area contributed by atoms with Crippen LogP contribution in [0.3, 0.4) is 0 Å². The second-order valence-electron chi connectivity index (χ2n) is 6.06. The van der Waals surface area contributed by atoms with E-state index >= 15 is 0 Å². The van der Waals surface area contributed by atoms with E-state index in [4.69, 9.17) is 0 Å². The van der Waals surface area contributed by atoms with E-state index < -0.39 is 5.41 Å². The third-order valence-corrected chi connectivity index (χ3v) is 3.70. The summed E-state index contributed by atoms with van der Waals surface area (Å²) in [6, 6.07) is 0. The van der Waals surface area contributed by atoms with Gasteiger partial charge in [0.25, 0.3) is 0 Å². The van der Waals surface area contributed by atoms with Crippen molar-refractivity contribution >= 4 is 35.8 Å². The van der Waals surface area contributed by atoms with Crippen LogP contribution in [0.15, 0.2) is 4.99 Å². The Kier molecular flexibility index (Phi) is 8.46. The minimum absolute atomic E-state index is 0. The molecule has 0 aromatic heterocycles. The van der Waals surface area contributed by atoms with Gasteiger partial charge in [0.1, 0.15) is 0 Å². The van der Waals surface area contributed by atoms with E-state index in [1.165, 1.54) is 12.8 Å². The molecule has 0 aliphatic carbocycles. The molecule has 1 aliphatic heterocycles. The normalized spacial score (nSPS) is 20.1. The molecule has 1 amide bonds. The second-order valence-corrected chi connectivity index (χ2v) is 6.06. The summed E-state index contributed by atoms with van der Waals surface area (Å²) in [4.78, 5) is 18.4. The number of amides is 1. The number of piperidine rings is 1. The summed E-state index contributed by atoms with van der Waals surface area (Å²) in [5.41, 5.74) is -0.438. The molecule has 0 saturated carbocycles.